The molecule has 2 saturated heterocycles. The van der Waals surface area contributed by atoms with Crippen LogP contribution in [-0.2, 0) is 6.54 Å². The summed E-state index contributed by atoms with van der Waals surface area (Å²) in [5, 5.41) is 4.42. The number of carbonyl (C=O) groups is 2. The van der Waals surface area contributed by atoms with Gasteiger partial charge in [-0.3, -0.25) is 14.3 Å². The van der Waals surface area contributed by atoms with Crippen molar-refractivity contribution in [1.29, 1.82) is 0 Å². The van der Waals surface area contributed by atoms with E-state index in [2.05, 4.69) is 21.0 Å². The quantitative estimate of drug-likeness (QED) is 0.619. The minimum Gasteiger partial charge on any atom is -0.338 e. The first-order valence-electron chi connectivity index (χ1n) is 10.9. The van der Waals surface area contributed by atoms with E-state index in [-0.39, 0.29) is 16.9 Å². The summed E-state index contributed by atoms with van der Waals surface area (Å²) in [6.07, 6.45) is 2.25. The Bertz CT molecular complexity index is 1080. The van der Waals surface area contributed by atoms with Gasteiger partial charge in [-0.05, 0) is 73.0 Å². The number of aromatic nitrogens is 2. The molecule has 4 rings (SSSR count). The van der Waals surface area contributed by atoms with Crippen LogP contribution in [0.2, 0.25) is 0 Å². The van der Waals surface area contributed by atoms with Gasteiger partial charge in [-0.1, -0.05) is 6.07 Å². The second-order valence-electron chi connectivity index (χ2n) is 8.89. The average Bonchev–Trinajstić information content (AvgIpc) is 3.32. The summed E-state index contributed by atoms with van der Waals surface area (Å²) >= 11 is 3.50. The Kier molecular flexibility index (Phi) is 6.13. The number of carbonyl (C=O) groups excluding carboxylic acids is 2. The lowest BCUT2D eigenvalue weighted by Gasteiger charge is -2.39. The summed E-state index contributed by atoms with van der Waals surface area (Å²) in [5.41, 5.74) is 1.05. The molecule has 0 saturated carbocycles. The molecule has 0 unspecified atom stereocenters. The van der Waals surface area contributed by atoms with Gasteiger partial charge in [0.15, 0.2) is 0 Å². The van der Waals surface area contributed by atoms with Crippen molar-refractivity contribution in [2.45, 2.75) is 46.6 Å². The van der Waals surface area contributed by atoms with E-state index < -0.39 is 23.1 Å². The van der Waals surface area contributed by atoms with Gasteiger partial charge in [0, 0.05) is 32.7 Å². The van der Waals surface area contributed by atoms with Crippen molar-refractivity contribution in [1.82, 2.24) is 19.6 Å². The van der Waals surface area contributed by atoms with Crippen molar-refractivity contribution < 1.29 is 18.4 Å². The molecule has 1 aromatic carbocycles. The van der Waals surface area contributed by atoms with Crippen LogP contribution in [-0.4, -0.2) is 57.6 Å². The van der Waals surface area contributed by atoms with Gasteiger partial charge in [0.2, 0.25) is 0 Å². The third kappa shape index (κ3) is 3.84. The Morgan fingerprint density at radius 1 is 1.06 bits per heavy atom. The maximum absolute atomic E-state index is 14.4. The Labute approximate surface area is 194 Å². The molecule has 6 nitrogen and oxygen atoms in total. The van der Waals surface area contributed by atoms with E-state index in [1.165, 1.54) is 17.9 Å². The first kappa shape index (κ1) is 22.9. The van der Waals surface area contributed by atoms with Crippen LogP contribution in [0.1, 0.15) is 58.3 Å². The topological polar surface area (TPSA) is 58.4 Å². The smallest absolute Gasteiger partial charge is 0.273 e. The number of nitrogens with zero attached hydrogens (tertiary/aromatic N) is 4. The normalized spacial score (nSPS) is 17.9. The SMILES string of the molecule is CCn1nc(C)c(Br)c1C(=O)N1CCC2(CCN(C(=O)c3c(F)ccc(C)c3F)CC2)C1. The highest BCUT2D eigenvalue weighted by Crippen LogP contribution is 2.41. The van der Waals surface area contributed by atoms with E-state index in [1.54, 1.807) is 4.68 Å². The summed E-state index contributed by atoms with van der Waals surface area (Å²) in [4.78, 5) is 29.5. The molecule has 9 heteroatoms. The number of benzene rings is 1. The molecular weight excluding hydrogens is 482 g/mol. The molecule has 1 aromatic heterocycles. The van der Waals surface area contributed by atoms with Crippen molar-refractivity contribution in [2.24, 2.45) is 5.41 Å². The maximum Gasteiger partial charge on any atom is 0.273 e. The fraction of sp³-hybridized carbons (Fsp3) is 0.522. The molecular formula is C23H27BrF2N4O2. The molecule has 2 aromatic rings. The Hall–Kier alpha value is -2.29. The first-order chi connectivity index (χ1) is 15.2. The molecule has 2 aliphatic heterocycles. The molecule has 2 fully saturated rings. The van der Waals surface area contributed by atoms with Gasteiger partial charge in [0.25, 0.3) is 11.8 Å². The number of halogens is 3. The highest BCUT2D eigenvalue weighted by Gasteiger charge is 2.44. The molecule has 0 bridgehead atoms. The van der Waals surface area contributed by atoms with Crippen LogP contribution >= 0.6 is 15.9 Å². The van der Waals surface area contributed by atoms with E-state index in [0.717, 1.165) is 22.7 Å². The van der Waals surface area contributed by atoms with Crippen molar-refractivity contribution >= 4 is 27.7 Å². The van der Waals surface area contributed by atoms with Crippen LogP contribution in [0.5, 0.6) is 0 Å². The molecule has 0 N–H and O–H groups in total. The van der Waals surface area contributed by atoms with E-state index in [1.807, 2.05) is 18.7 Å². The standard InChI is InChI=1S/C23H27BrF2N4O2/c1-4-30-20(18(24)15(3)27-30)22(32)29-12-9-23(13-29)7-10-28(11-8-23)21(31)17-16(25)6-5-14(2)19(17)26/h5-6H,4,7-13H2,1-3H3. The Balaban J connectivity index is 1.44. The lowest BCUT2D eigenvalue weighted by Crippen LogP contribution is -2.45. The van der Waals surface area contributed by atoms with Crippen LogP contribution in [0, 0.1) is 30.9 Å². The average molecular weight is 509 g/mol. The molecule has 2 amide bonds. The number of hydrogen-bond acceptors (Lipinski definition) is 3. The highest BCUT2D eigenvalue weighted by atomic mass is 79.9. The van der Waals surface area contributed by atoms with Gasteiger partial charge in [-0.25, -0.2) is 8.78 Å². The van der Waals surface area contributed by atoms with Gasteiger partial charge in [-0.15, -0.1) is 0 Å². The largest absolute Gasteiger partial charge is 0.338 e. The molecule has 32 heavy (non-hydrogen) atoms. The zero-order valence-corrected chi connectivity index (χ0v) is 20.1. The summed E-state index contributed by atoms with van der Waals surface area (Å²) in [6.45, 7) is 8.04. The summed E-state index contributed by atoms with van der Waals surface area (Å²) in [5.74, 6) is -2.26. The predicted octanol–water partition coefficient (Wildman–Crippen LogP) is 4.33. The van der Waals surface area contributed by atoms with Crippen molar-refractivity contribution in [2.75, 3.05) is 26.2 Å². The Morgan fingerprint density at radius 2 is 1.69 bits per heavy atom. The second-order valence-corrected chi connectivity index (χ2v) is 9.68. The van der Waals surface area contributed by atoms with Crippen LogP contribution in [0.3, 0.4) is 0 Å². The maximum atomic E-state index is 14.4. The summed E-state index contributed by atoms with van der Waals surface area (Å²) in [7, 11) is 0. The van der Waals surface area contributed by atoms with E-state index in [4.69, 9.17) is 0 Å². The third-order valence-electron chi connectivity index (χ3n) is 6.89. The minimum absolute atomic E-state index is 0.0430. The van der Waals surface area contributed by atoms with Crippen molar-refractivity contribution in [3.05, 3.63) is 50.8 Å². The third-order valence-corrected chi connectivity index (χ3v) is 7.84. The van der Waals surface area contributed by atoms with E-state index in [9.17, 15) is 18.4 Å². The van der Waals surface area contributed by atoms with Crippen molar-refractivity contribution in [3.63, 3.8) is 0 Å². The fourth-order valence-corrected chi connectivity index (χ4v) is 5.31. The van der Waals surface area contributed by atoms with Gasteiger partial charge in [0.05, 0.1) is 10.2 Å². The minimum atomic E-state index is -0.829. The predicted molar refractivity (Wildman–Crippen MR) is 120 cm³/mol. The second kappa shape index (κ2) is 8.57. The lowest BCUT2D eigenvalue weighted by atomic mass is 9.77. The van der Waals surface area contributed by atoms with Gasteiger partial charge >= 0.3 is 0 Å². The summed E-state index contributed by atoms with van der Waals surface area (Å²) < 4.78 is 31.1. The number of likely N-dealkylation sites (tertiary alicyclic amines) is 2. The number of rotatable bonds is 3. The monoisotopic (exact) mass is 508 g/mol. The van der Waals surface area contributed by atoms with Gasteiger partial charge in [-0.2, -0.15) is 5.10 Å². The molecule has 172 valence electrons. The Morgan fingerprint density at radius 3 is 2.31 bits per heavy atom. The zero-order chi connectivity index (χ0) is 23.2. The number of piperidine rings is 1. The van der Waals surface area contributed by atoms with Crippen LogP contribution < -0.4 is 0 Å². The van der Waals surface area contributed by atoms with Crippen molar-refractivity contribution in [3.8, 4) is 0 Å². The van der Waals surface area contributed by atoms with Gasteiger partial charge < -0.3 is 9.80 Å². The lowest BCUT2D eigenvalue weighted by molar-refractivity contribution is 0.0555. The zero-order valence-electron chi connectivity index (χ0n) is 18.6. The van der Waals surface area contributed by atoms with Gasteiger partial charge in [0.1, 0.15) is 22.9 Å². The number of aryl methyl sites for hydroxylation is 3. The molecule has 0 atom stereocenters. The number of amides is 2. The van der Waals surface area contributed by atoms with Crippen LogP contribution in [0.25, 0.3) is 0 Å². The molecule has 1 spiro atoms. The number of hydrogen-bond donors (Lipinski definition) is 0. The first-order valence-corrected chi connectivity index (χ1v) is 11.7. The molecule has 0 aliphatic carbocycles. The summed E-state index contributed by atoms with van der Waals surface area (Å²) in [6, 6.07) is 2.47. The van der Waals surface area contributed by atoms with E-state index >= 15 is 0 Å². The highest BCUT2D eigenvalue weighted by molar-refractivity contribution is 9.10. The molecule has 2 aliphatic rings. The fourth-order valence-electron chi connectivity index (χ4n) is 4.85. The van der Waals surface area contributed by atoms with E-state index in [0.29, 0.717) is 51.3 Å². The molecule has 0 radical (unpaired) electrons. The molecule has 3 heterocycles. The van der Waals surface area contributed by atoms with Crippen LogP contribution in [0.15, 0.2) is 16.6 Å². The van der Waals surface area contributed by atoms with Crippen LogP contribution in [0.4, 0.5) is 8.78 Å².